The first-order valence-corrected chi connectivity index (χ1v) is 13.2. The topological polar surface area (TPSA) is 119 Å². The summed E-state index contributed by atoms with van der Waals surface area (Å²) in [6.45, 7) is 8.39. The number of rotatable bonds is 10. The lowest BCUT2D eigenvalue weighted by atomic mass is 9.89. The van der Waals surface area contributed by atoms with E-state index in [-0.39, 0.29) is 17.8 Å². The predicted molar refractivity (Wildman–Crippen MR) is 142 cm³/mol. The zero-order valence-corrected chi connectivity index (χ0v) is 23.7. The lowest BCUT2D eigenvalue weighted by Gasteiger charge is -2.22. The summed E-state index contributed by atoms with van der Waals surface area (Å²) in [6, 6.07) is 7.33. The molecule has 200 valence electrons. The molecule has 10 nitrogen and oxygen atoms in total. The number of ether oxygens (including phenoxy) is 2. The minimum atomic E-state index is -0.805. The van der Waals surface area contributed by atoms with Crippen LogP contribution in [0, 0.1) is 16.7 Å². The first-order valence-electron chi connectivity index (χ1n) is 12.1. The normalized spacial score (nSPS) is 16.6. The zero-order chi connectivity index (χ0) is 27.3. The van der Waals surface area contributed by atoms with Crippen molar-refractivity contribution in [2.24, 2.45) is 5.41 Å². The second-order valence-corrected chi connectivity index (χ2v) is 10.7. The highest BCUT2D eigenvalue weighted by Crippen LogP contribution is 2.37. The largest absolute Gasteiger partial charge is 0.497 e. The number of benzene rings is 1. The molecular formula is C26H34BrN5O5. The summed E-state index contributed by atoms with van der Waals surface area (Å²) in [4.78, 5) is 31.0. The van der Waals surface area contributed by atoms with Crippen LogP contribution in [0.5, 0.6) is 11.5 Å². The van der Waals surface area contributed by atoms with Gasteiger partial charge >= 0.3 is 5.97 Å². The van der Waals surface area contributed by atoms with Crippen LogP contribution in [0.4, 0.5) is 5.82 Å². The predicted octanol–water partition coefficient (Wildman–Crippen LogP) is 4.05. The molecule has 2 atom stereocenters. The molecule has 1 aromatic carbocycles. The lowest BCUT2D eigenvalue weighted by Crippen LogP contribution is -2.32. The van der Waals surface area contributed by atoms with E-state index in [9.17, 15) is 14.9 Å². The maximum atomic E-state index is 13.0. The molecule has 1 aromatic heterocycles. The van der Waals surface area contributed by atoms with Gasteiger partial charge in [-0.15, -0.1) is 5.06 Å². The van der Waals surface area contributed by atoms with Gasteiger partial charge in [-0.25, -0.2) is 9.48 Å². The minimum absolute atomic E-state index is 0.168. The van der Waals surface area contributed by atoms with Gasteiger partial charge in [-0.2, -0.15) is 10.4 Å². The van der Waals surface area contributed by atoms with Gasteiger partial charge in [0.15, 0.2) is 0 Å². The quantitative estimate of drug-likeness (QED) is 0.418. The number of Topliss-reactive ketones (excluding diaryl/α,β-unsaturated/α-hetero) is 1. The molecule has 1 aliphatic heterocycles. The summed E-state index contributed by atoms with van der Waals surface area (Å²) >= 11 is 3.42. The molecule has 1 saturated heterocycles. The first-order chi connectivity index (χ1) is 17.5. The molecule has 0 saturated carbocycles. The van der Waals surface area contributed by atoms with E-state index in [0.29, 0.717) is 65.5 Å². The average Bonchev–Trinajstić information content (AvgIpc) is 3.45. The molecule has 1 aliphatic rings. The van der Waals surface area contributed by atoms with Gasteiger partial charge in [0.25, 0.3) is 0 Å². The number of carbonyl (C=O) groups excluding carboxylic acids is 2. The average molecular weight is 576 g/mol. The van der Waals surface area contributed by atoms with Gasteiger partial charge < -0.3 is 19.6 Å². The van der Waals surface area contributed by atoms with Crippen molar-refractivity contribution in [1.29, 1.82) is 5.26 Å². The van der Waals surface area contributed by atoms with Crippen molar-refractivity contribution in [2.45, 2.75) is 46.1 Å². The highest BCUT2D eigenvalue weighted by Gasteiger charge is 2.36. The summed E-state index contributed by atoms with van der Waals surface area (Å²) in [7, 11) is 3.08. The summed E-state index contributed by atoms with van der Waals surface area (Å²) in [5.41, 5.74) is 0.643. The Bertz CT molecular complexity index is 1160. The molecule has 2 aromatic rings. The number of anilines is 1. The minimum Gasteiger partial charge on any atom is -0.497 e. The fourth-order valence-electron chi connectivity index (χ4n) is 4.19. The SMILES string of the molecule is COc1cc(OC)cc(C(C(C)=O)c2nn([C@H]3CCN(OC(=O)C(C)(C)C)C3)c(NCCBr)c2C#N)c1. The third-order valence-corrected chi connectivity index (χ3v) is 6.52. The highest BCUT2D eigenvalue weighted by molar-refractivity contribution is 9.09. The van der Waals surface area contributed by atoms with Gasteiger partial charge in [0, 0.05) is 24.5 Å². The Labute approximate surface area is 225 Å². The van der Waals surface area contributed by atoms with Crippen LogP contribution < -0.4 is 14.8 Å². The number of hydroxylamine groups is 2. The van der Waals surface area contributed by atoms with Crippen LogP contribution in [0.25, 0.3) is 0 Å². The van der Waals surface area contributed by atoms with Gasteiger partial charge in [0.05, 0.1) is 43.8 Å². The molecule has 1 fully saturated rings. The molecule has 1 N–H and O–H groups in total. The number of aromatic nitrogens is 2. The Hall–Kier alpha value is -3.10. The van der Waals surface area contributed by atoms with Gasteiger partial charge in [-0.1, -0.05) is 15.9 Å². The Kier molecular flexibility index (Phi) is 9.21. The Morgan fingerprint density at radius 2 is 1.89 bits per heavy atom. The van der Waals surface area contributed by atoms with Gasteiger partial charge in [0.1, 0.15) is 34.7 Å². The van der Waals surface area contributed by atoms with Crippen molar-refractivity contribution in [3.63, 3.8) is 0 Å². The van der Waals surface area contributed by atoms with Crippen LogP contribution in [0.15, 0.2) is 18.2 Å². The van der Waals surface area contributed by atoms with Gasteiger partial charge in [-0.3, -0.25) is 4.79 Å². The molecule has 0 amide bonds. The Morgan fingerprint density at radius 3 is 2.41 bits per heavy atom. The number of carbonyl (C=O) groups is 2. The Balaban J connectivity index is 2.06. The molecular weight excluding hydrogens is 542 g/mol. The van der Waals surface area contributed by atoms with Gasteiger partial charge in [-0.05, 0) is 51.8 Å². The summed E-state index contributed by atoms with van der Waals surface area (Å²) in [5, 5.41) is 20.6. The summed E-state index contributed by atoms with van der Waals surface area (Å²) in [6.07, 6.45) is 0.657. The number of hydrogen-bond acceptors (Lipinski definition) is 9. The molecule has 3 rings (SSSR count). The van der Waals surface area contributed by atoms with Crippen molar-refractivity contribution in [1.82, 2.24) is 14.8 Å². The van der Waals surface area contributed by atoms with Crippen LogP contribution in [0.2, 0.25) is 0 Å². The first kappa shape index (κ1) is 28.5. The van der Waals surface area contributed by atoms with E-state index >= 15 is 0 Å². The van der Waals surface area contributed by atoms with E-state index < -0.39 is 11.3 Å². The third-order valence-electron chi connectivity index (χ3n) is 6.12. The standard InChI is InChI=1S/C26H34BrN5O5/c1-16(33)22(17-11-19(35-5)13-20(12-17)36-6)23-21(14-28)24(29-9-8-27)32(30-23)18-7-10-31(15-18)37-25(34)26(2,3)4/h11-13,18,22,29H,7-10,15H2,1-6H3/t18-,22?/m0/s1. The molecule has 2 heterocycles. The summed E-state index contributed by atoms with van der Waals surface area (Å²) in [5.74, 6) is 0.309. The number of halogens is 1. The lowest BCUT2D eigenvalue weighted by molar-refractivity contribution is -0.195. The number of alkyl halides is 1. The second-order valence-electron chi connectivity index (χ2n) is 9.93. The van der Waals surface area contributed by atoms with E-state index in [4.69, 9.17) is 19.4 Å². The molecule has 0 bridgehead atoms. The maximum absolute atomic E-state index is 13.0. The van der Waals surface area contributed by atoms with Gasteiger partial charge in [0.2, 0.25) is 0 Å². The number of nitrogens with one attached hydrogen (secondary N) is 1. The molecule has 0 aliphatic carbocycles. The fraction of sp³-hybridized carbons (Fsp3) is 0.538. The Morgan fingerprint density at radius 1 is 1.24 bits per heavy atom. The number of methoxy groups -OCH3 is 2. The number of nitrogens with zero attached hydrogens (tertiary/aromatic N) is 4. The fourth-order valence-corrected chi connectivity index (χ4v) is 4.39. The monoisotopic (exact) mass is 575 g/mol. The van der Waals surface area contributed by atoms with E-state index in [2.05, 4.69) is 27.3 Å². The van der Waals surface area contributed by atoms with E-state index in [1.165, 1.54) is 21.1 Å². The number of nitriles is 1. The van der Waals surface area contributed by atoms with Crippen molar-refractivity contribution < 1.29 is 23.9 Å². The van der Waals surface area contributed by atoms with E-state index in [1.807, 2.05) is 0 Å². The van der Waals surface area contributed by atoms with Crippen LogP contribution in [0.3, 0.4) is 0 Å². The van der Waals surface area contributed by atoms with Crippen LogP contribution in [0.1, 0.15) is 62.9 Å². The molecule has 1 unspecified atom stereocenters. The van der Waals surface area contributed by atoms with Crippen LogP contribution in [-0.2, 0) is 14.4 Å². The van der Waals surface area contributed by atoms with E-state index in [1.54, 1.807) is 48.7 Å². The molecule has 0 radical (unpaired) electrons. The highest BCUT2D eigenvalue weighted by atomic mass is 79.9. The van der Waals surface area contributed by atoms with Crippen LogP contribution >= 0.6 is 15.9 Å². The third kappa shape index (κ3) is 6.43. The van der Waals surface area contributed by atoms with E-state index in [0.717, 1.165) is 0 Å². The summed E-state index contributed by atoms with van der Waals surface area (Å²) < 4.78 is 12.6. The number of ketones is 1. The van der Waals surface area contributed by atoms with Crippen LogP contribution in [-0.4, -0.2) is 65.8 Å². The molecule has 0 spiro atoms. The maximum Gasteiger partial charge on any atom is 0.330 e. The number of hydrogen-bond donors (Lipinski definition) is 1. The second kappa shape index (κ2) is 12.0. The smallest absolute Gasteiger partial charge is 0.330 e. The molecule has 37 heavy (non-hydrogen) atoms. The zero-order valence-electron chi connectivity index (χ0n) is 22.1. The van der Waals surface area contributed by atoms with Crippen molar-refractivity contribution in [2.75, 3.05) is 44.5 Å². The van der Waals surface area contributed by atoms with Crippen molar-refractivity contribution in [3.8, 4) is 17.6 Å². The van der Waals surface area contributed by atoms with Crippen molar-refractivity contribution in [3.05, 3.63) is 35.0 Å². The molecule has 11 heteroatoms. The van der Waals surface area contributed by atoms with Crippen molar-refractivity contribution >= 4 is 33.5 Å².